The molecule has 0 aliphatic carbocycles. The molecule has 0 unspecified atom stereocenters. The molecule has 0 aromatic heterocycles. The lowest BCUT2D eigenvalue weighted by Gasteiger charge is -2.34. The highest BCUT2D eigenvalue weighted by atomic mass is 16.7. The molecule has 1 aliphatic rings. The first-order valence-electron chi connectivity index (χ1n) is 9.57. The van der Waals surface area contributed by atoms with Crippen LogP contribution in [0.3, 0.4) is 0 Å². The zero-order chi connectivity index (χ0) is 20.1. The van der Waals surface area contributed by atoms with Crippen LogP contribution in [-0.2, 0) is 20.6 Å². The molecule has 1 fully saturated rings. The summed E-state index contributed by atoms with van der Waals surface area (Å²) in [4.78, 5) is 11.9. The summed E-state index contributed by atoms with van der Waals surface area (Å²) >= 11 is 0. The zero-order valence-corrected chi connectivity index (χ0v) is 16.7. The fourth-order valence-corrected chi connectivity index (χ4v) is 3.30. The van der Waals surface area contributed by atoms with Crippen molar-refractivity contribution in [3.05, 3.63) is 70.8 Å². The monoisotopic (exact) mass is 384 g/mol. The van der Waals surface area contributed by atoms with E-state index in [0.717, 1.165) is 16.7 Å². The van der Waals surface area contributed by atoms with Crippen LogP contribution in [0, 0.1) is 5.41 Å². The third-order valence-electron chi connectivity index (χ3n) is 4.93. The summed E-state index contributed by atoms with van der Waals surface area (Å²) in [6.07, 6.45) is 0.0175. The molecule has 150 valence electrons. The number of carbonyl (C=O) groups is 1. The van der Waals surface area contributed by atoms with Crippen molar-refractivity contribution < 1.29 is 24.1 Å². The Bertz CT molecular complexity index is 804. The minimum absolute atomic E-state index is 0.0145. The first-order valence-corrected chi connectivity index (χ1v) is 9.57. The molecule has 1 N–H and O–H groups in total. The van der Waals surface area contributed by atoms with Gasteiger partial charge >= 0.3 is 5.97 Å². The van der Waals surface area contributed by atoms with Gasteiger partial charge in [0.1, 0.15) is 0 Å². The summed E-state index contributed by atoms with van der Waals surface area (Å²) < 4.78 is 16.5. The Balaban J connectivity index is 1.66. The van der Waals surface area contributed by atoms with Crippen molar-refractivity contribution in [2.45, 2.75) is 39.1 Å². The van der Waals surface area contributed by atoms with Crippen LogP contribution in [0.5, 0.6) is 0 Å². The fourth-order valence-electron chi connectivity index (χ4n) is 3.30. The Labute approximate surface area is 166 Å². The highest BCUT2D eigenvalue weighted by molar-refractivity contribution is 5.90. The number of ether oxygens (including phenoxy) is 3. The second-order valence-corrected chi connectivity index (χ2v) is 7.99. The van der Waals surface area contributed by atoms with Crippen LogP contribution in [0.15, 0.2) is 48.5 Å². The van der Waals surface area contributed by atoms with Crippen molar-refractivity contribution in [2.75, 3.05) is 20.3 Å². The lowest BCUT2D eigenvalue weighted by Crippen LogP contribution is -2.33. The first-order chi connectivity index (χ1) is 13.4. The molecule has 2 aromatic rings. The standard InChI is InChI=1S/C23H28O5/c1-23(2)14-27-22(28-15-23)18-9-6-8-17(13-18)20(24)12-11-16-7-4-5-10-19(16)21(25)26-3/h4-10,13,20,22,24H,11-12,14-15H2,1-3H3/t20-/m0/s1. The number of aliphatic hydroxyl groups excluding tert-OH is 1. The Morgan fingerprint density at radius 3 is 2.61 bits per heavy atom. The number of rotatable bonds is 6. The quantitative estimate of drug-likeness (QED) is 0.756. The molecular weight excluding hydrogens is 356 g/mol. The number of hydrogen-bond acceptors (Lipinski definition) is 5. The second kappa shape index (κ2) is 8.86. The van der Waals surface area contributed by atoms with Crippen LogP contribution in [0.2, 0.25) is 0 Å². The van der Waals surface area contributed by atoms with Crippen molar-refractivity contribution in [1.82, 2.24) is 0 Å². The average molecular weight is 384 g/mol. The summed E-state index contributed by atoms with van der Waals surface area (Å²) in [6, 6.07) is 15.0. The molecule has 0 bridgehead atoms. The number of aliphatic hydroxyl groups is 1. The van der Waals surface area contributed by atoms with Gasteiger partial charge in [0.2, 0.25) is 0 Å². The van der Waals surface area contributed by atoms with E-state index in [4.69, 9.17) is 14.2 Å². The van der Waals surface area contributed by atoms with Gasteiger partial charge in [-0.25, -0.2) is 4.79 Å². The van der Waals surface area contributed by atoms with Crippen molar-refractivity contribution in [3.63, 3.8) is 0 Å². The van der Waals surface area contributed by atoms with Crippen LogP contribution >= 0.6 is 0 Å². The fraction of sp³-hybridized carbons (Fsp3) is 0.435. The van der Waals surface area contributed by atoms with E-state index in [1.807, 2.05) is 36.4 Å². The van der Waals surface area contributed by atoms with E-state index >= 15 is 0 Å². The molecule has 1 atom stereocenters. The van der Waals surface area contributed by atoms with Crippen LogP contribution in [-0.4, -0.2) is 31.4 Å². The average Bonchev–Trinajstić information content (AvgIpc) is 2.71. The van der Waals surface area contributed by atoms with Gasteiger partial charge in [-0.05, 0) is 36.1 Å². The van der Waals surface area contributed by atoms with Gasteiger partial charge in [0.25, 0.3) is 0 Å². The summed E-state index contributed by atoms with van der Waals surface area (Å²) in [5.74, 6) is -0.360. The second-order valence-electron chi connectivity index (χ2n) is 7.99. The van der Waals surface area contributed by atoms with Gasteiger partial charge in [0.05, 0.1) is 32.0 Å². The minimum Gasteiger partial charge on any atom is -0.465 e. The number of aryl methyl sites for hydroxylation is 1. The molecule has 0 spiro atoms. The predicted octanol–water partition coefficient (Wildman–Crippen LogP) is 4.21. The maximum absolute atomic E-state index is 11.9. The Morgan fingerprint density at radius 2 is 1.89 bits per heavy atom. The smallest absolute Gasteiger partial charge is 0.338 e. The molecule has 1 aliphatic heterocycles. The van der Waals surface area contributed by atoms with Crippen LogP contribution in [0.4, 0.5) is 0 Å². The highest BCUT2D eigenvalue weighted by Crippen LogP contribution is 2.32. The first kappa shape index (κ1) is 20.5. The predicted molar refractivity (Wildman–Crippen MR) is 106 cm³/mol. The normalized spacial score (nSPS) is 17.9. The van der Waals surface area contributed by atoms with Crippen molar-refractivity contribution >= 4 is 5.97 Å². The molecule has 2 aromatic carbocycles. The molecule has 1 heterocycles. The number of benzene rings is 2. The van der Waals surface area contributed by atoms with Crippen molar-refractivity contribution in [2.24, 2.45) is 5.41 Å². The molecular formula is C23H28O5. The van der Waals surface area contributed by atoms with E-state index in [2.05, 4.69) is 13.8 Å². The molecule has 28 heavy (non-hydrogen) atoms. The lowest BCUT2D eigenvalue weighted by molar-refractivity contribution is -0.226. The molecule has 1 saturated heterocycles. The third kappa shape index (κ3) is 4.98. The van der Waals surface area contributed by atoms with Crippen LogP contribution in [0.1, 0.15) is 59.7 Å². The third-order valence-corrected chi connectivity index (χ3v) is 4.93. The van der Waals surface area contributed by atoms with E-state index in [9.17, 15) is 9.90 Å². The van der Waals surface area contributed by atoms with Gasteiger partial charge in [0.15, 0.2) is 6.29 Å². The van der Waals surface area contributed by atoms with Crippen molar-refractivity contribution in [3.8, 4) is 0 Å². The Hall–Kier alpha value is -2.21. The van der Waals surface area contributed by atoms with E-state index in [0.29, 0.717) is 31.6 Å². The van der Waals surface area contributed by atoms with Crippen LogP contribution < -0.4 is 0 Å². The SMILES string of the molecule is COC(=O)c1ccccc1CC[C@H](O)c1cccc(C2OCC(C)(C)CO2)c1. The number of esters is 1. The van der Waals surface area contributed by atoms with Crippen LogP contribution in [0.25, 0.3) is 0 Å². The van der Waals surface area contributed by atoms with E-state index < -0.39 is 12.4 Å². The summed E-state index contributed by atoms with van der Waals surface area (Å²) in [5, 5.41) is 10.7. The van der Waals surface area contributed by atoms with E-state index in [1.54, 1.807) is 12.1 Å². The molecule has 0 amide bonds. The molecule has 5 heteroatoms. The van der Waals surface area contributed by atoms with E-state index in [1.165, 1.54) is 7.11 Å². The van der Waals surface area contributed by atoms with Gasteiger partial charge in [-0.3, -0.25) is 0 Å². The largest absolute Gasteiger partial charge is 0.465 e. The minimum atomic E-state index is -0.648. The Kier molecular flexibility index (Phi) is 6.50. The van der Waals surface area contributed by atoms with Crippen molar-refractivity contribution in [1.29, 1.82) is 0 Å². The Morgan fingerprint density at radius 1 is 1.18 bits per heavy atom. The topological polar surface area (TPSA) is 65.0 Å². The molecule has 0 saturated carbocycles. The number of hydrogen-bond donors (Lipinski definition) is 1. The lowest BCUT2D eigenvalue weighted by atomic mass is 9.95. The molecule has 5 nitrogen and oxygen atoms in total. The zero-order valence-electron chi connectivity index (χ0n) is 16.7. The number of carbonyl (C=O) groups excluding carboxylic acids is 1. The number of methoxy groups -OCH3 is 1. The maximum Gasteiger partial charge on any atom is 0.338 e. The van der Waals surface area contributed by atoms with E-state index in [-0.39, 0.29) is 11.4 Å². The summed E-state index contributed by atoms with van der Waals surface area (Å²) in [7, 11) is 1.37. The van der Waals surface area contributed by atoms with Gasteiger partial charge in [0, 0.05) is 11.0 Å². The van der Waals surface area contributed by atoms with Gasteiger partial charge in [-0.2, -0.15) is 0 Å². The van der Waals surface area contributed by atoms with Gasteiger partial charge in [-0.15, -0.1) is 0 Å². The summed E-state index contributed by atoms with van der Waals surface area (Å²) in [6.45, 7) is 5.48. The molecule has 0 radical (unpaired) electrons. The molecule has 3 rings (SSSR count). The van der Waals surface area contributed by atoms with Gasteiger partial charge in [-0.1, -0.05) is 50.2 Å². The summed E-state index contributed by atoms with van der Waals surface area (Å²) in [5.41, 5.74) is 3.14. The highest BCUT2D eigenvalue weighted by Gasteiger charge is 2.29. The maximum atomic E-state index is 11.9. The van der Waals surface area contributed by atoms with Gasteiger partial charge < -0.3 is 19.3 Å².